The Balaban J connectivity index is 0.979. The lowest BCUT2D eigenvalue weighted by atomic mass is 9.95. The second kappa shape index (κ2) is 13.7. The number of benzene rings is 3. The first kappa shape index (κ1) is 32.9. The van der Waals surface area contributed by atoms with Crippen molar-refractivity contribution in [2.24, 2.45) is 0 Å². The number of anilines is 2. The van der Waals surface area contributed by atoms with Crippen LogP contribution in [0.2, 0.25) is 0 Å². The summed E-state index contributed by atoms with van der Waals surface area (Å²) in [6, 6.07) is 24.2. The first-order valence-electron chi connectivity index (χ1n) is 17.1. The zero-order chi connectivity index (χ0) is 34.1. The highest BCUT2D eigenvalue weighted by Gasteiger charge is 2.42. The number of fused-ring (bicyclic) bond motifs is 3. The van der Waals surface area contributed by atoms with E-state index in [9.17, 15) is 22.8 Å². The Bertz CT molecular complexity index is 1760. The third-order valence-electron chi connectivity index (χ3n) is 10.3. The van der Waals surface area contributed by atoms with Crippen LogP contribution in [0, 0.1) is 6.92 Å². The summed E-state index contributed by atoms with van der Waals surface area (Å²) in [5.41, 5.74) is 3.28. The fourth-order valence-corrected chi connectivity index (χ4v) is 8.08. The summed E-state index contributed by atoms with van der Waals surface area (Å²) in [6.45, 7) is 4.64. The van der Waals surface area contributed by atoms with Crippen LogP contribution in [0.4, 0.5) is 29.3 Å². The van der Waals surface area contributed by atoms with E-state index in [0.717, 1.165) is 74.4 Å². The Morgan fingerprint density at radius 1 is 0.898 bits per heavy atom. The van der Waals surface area contributed by atoms with Crippen LogP contribution in [-0.2, 0) is 19.1 Å². The zero-order valence-electron chi connectivity index (χ0n) is 27.6. The van der Waals surface area contributed by atoms with Gasteiger partial charge in [0.15, 0.2) is 0 Å². The van der Waals surface area contributed by atoms with Gasteiger partial charge >= 0.3 is 12.2 Å². The van der Waals surface area contributed by atoms with Crippen molar-refractivity contribution in [3.8, 4) is 0 Å². The molecule has 2 atom stereocenters. The van der Waals surface area contributed by atoms with Crippen LogP contribution in [0.25, 0.3) is 0 Å². The Kier molecular flexibility index (Phi) is 9.19. The molecule has 2 saturated heterocycles. The molecule has 0 aliphatic carbocycles. The Morgan fingerprint density at radius 2 is 1.55 bits per heavy atom. The number of aromatic nitrogens is 2. The van der Waals surface area contributed by atoms with E-state index in [-0.39, 0.29) is 11.9 Å². The molecule has 1 N–H and O–H groups in total. The van der Waals surface area contributed by atoms with Crippen molar-refractivity contribution in [2.75, 3.05) is 29.9 Å². The van der Waals surface area contributed by atoms with Crippen molar-refractivity contribution in [1.29, 1.82) is 0 Å². The maximum absolute atomic E-state index is 13.4. The molecule has 4 heterocycles. The van der Waals surface area contributed by atoms with Gasteiger partial charge in [-0.1, -0.05) is 36.4 Å². The maximum atomic E-state index is 13.4. The van der Waals surface area contributed by atoms with Gasteiger partial charge in [-0.3, -0.25) is 14.6 Å². The highest BCUT2D eigenvalue weighted by Crippen LogP contribution is 2.42. The number of nitrogens with one attached hydrogen (secondary N) is 1. The molecule has 0 radical (unpaired) electrons. The first-order valence-corrected chi connectivity index (χ1v) is 17.1. The molecule has 3 amide bonds. The Hall–Kier alpha value is -4.64. The van der Waals surface area contributed by atoms with E-state index in [0.29, 0.717) is 49.0 Å². The molecule has 0 saturated carbocycles. The third kappa shape index (κ3) is 6.94. The molecule has 7 rings (SSSR count). The number of amides is 3. The van der Waals surface area contributed by atoms with Gasteiger partial charge in [-0.15, -0.1) is 0 Å². The van der Waals surface area contributed by atoms with Crippen LogP contribution < -0.4 is 10.2 Å². The van der Waals surface area contributed by atoms with Gasteiger partial charge in [-0.05, 0) is 87.6 Å². The summed E-state index contributed by atoms with van der Waals surface area (Å²) in [7, 11) is 0. The monoisotopic (exact) mass is 670 g/mol. The van der Waals surface area contributed by atoms with Gasteiger partial charge in [0.1, 0.15) is 5.82 Å². The average Bonchev–Trinajstić information content (AvgIpc) is 3.55. The van der Waals surface area contributed by atoms with Crippen molar-refractivity contribution < 1.29 is 22.8 Å². The van der Waals surface area contributed by atoms with E-state index >= 15 is 0 Å². The van der Waals surface area contributed by atoms with E-state index in [4.69, 9.17) is 4.98 Å². The molecule has 49 heavy (non-hydrogen) atoms. The van der Waals surface area contributed by atoms with Gasteiger partial charge in [-0.25, -0.2) is 9.78 Å². The van der Waals surface area contributed by atoms with Crippen LogP contribution in [0.1, 0.15) is 71.3 Å². The second-order valence-electron chi connectivity index (χ2n) is 13.4. The SMILES string of the molecule is Cc1nc2c(n1C1C[C@H]3CC[C@H](C1)N3CCCN(C(=O)Nc1ccc(C(F)(F)F)cc1)c1ccccc1)CCN(C(=O)c1ccccc1)C2. The Morgan fingerprint density at radius 3 is 2.20 bits per heavy atom. The maximum Gasteiger partial charge on any atom is 0.416 e. The van der Waals surface area contributed by atoms with Gasteiger partial charge in [0.25, 0.3) is 5.91 Å². The summed E-state index contributed by atoms with van der Waals surface area (Å²) in [4.78, 5) is 37.7. The van der Waals surface area contributed by atoms with Crippen molar-refractivity contribution in [3.05, 3.63) is 113 Å². The van der Waals surface area contributed by atoms with E-state index in [2.05, 4.69) is 21.7 Å². The third-order valence-corrected chi connectivity index (χ3v) is 10.3. The quantitative estimate of drug-likeness (QED) is 0.209. The van der Waals surface area contributed by atoms with E-state index in [1.807, 2.05) is 65.6 Å². The molecule has 0 spiro atoms. The van der Waals surface area contributed by atoms with Crippen LogP contribution in [0.5, 0.6) is 0 Å². The number of imidazole rings is 1. The molecule has 4 aromatic rings. The molecule has 256 valence electrons. The second-order valence-corrected chi connectivity index (χ2v) is 13.4. The number of carbonyl (C=O) groups is 2. The zero-order valence-corrected chi connectivity index (χ0v) is 27.6. The number of alkyl halides is 3. The lowest BCUT2D eigenvalue weighted by molar-refractivity contribution is -0.137. The molecular formula is C38H41F3N6O2. The minimum absolute atomic E-state index is 0.0488. The number of nitrogens with zero attached hydrogens (tertiary/aromatic N) is 5. The number of aryl methyl sites for hydroxylation is 1. The molecule has 2 fully saturated rings. The first-order chi connectivity index (χ1) is 23.7. The van der Waals surface area contributed by atoms with Crippen molar-refractivity contribution >= 4 is 23.3 Å². The van der Waals surface area contributed by atoms with Gasteiger partial charge < -0.3 is 14.8 Å². The molecule has 3 aromatic carbocycles. The van der Waals surface area contributed by atoms with Gasteiger partial charge in [-0.2, -0.15) is 13.2 Å². The average molecular weight is 671 g/mol. The molecule has 2 bridgehead atoms. The standard InChI is InChI=1S/C38H41F3N6O2/c1-26-42-34-25-44(36(48)27-9-4-2-5-10-27)22-19-35(34)47(26)33-23-31-17-18-32(24-33)45(31)20-8-21-46(30-11-6-3-7-12-30)37(49)43-29-15-13-28(14-16-29)38(39,40)41/h2-7,9-16,31-33H,8,17-25H2,1H3,(H,43,49)/t31-,32-/m1/s1. The Labute approximate surface area is 284 Å². The molecule has 1 aromatic heterocycles. The summed E-state index contributed by atoms with van der Waals surface area (Å²) in [6.07, 6.45) is 1.51. The molecular weight excluding hydrogens is 629 g/mol. The largest absolute Gasteiger partial charge is 0.416 e. The topological polar surface area (TPSA) is 73.7 Å². The summed E-state index contributed by atoms with van der Waals surface area (Å²) < 4.78 is 41.6. The van der Waals surface area contributed by atoms with Crippen molar-refractivity contribution in [1.82, 2.24) is 19.4 Å². The minimum Gasteiger partial charge on any atom is -0.332 e. The number of rotatable bonds is 8. The van der Waals surface area contributed by atoms with Crippen molar-refractivity contribution in [3.63, 3.8) is 0 Å². The number of piperidine rings is 1. The molecule has 0 unspecified atom stereocenters. The van der Waals surface area contributed by atoms with Crippen LogP contribution in [0.15, 0.2) is 84.9 Å². The number of hydrogen-bond acceptors (Lipinski definition) is 4. The van der Waals surface area contributed by atoms with E-state index in [1.165, 1.54) is 17.8 Å². The molecule has 8 nitrogen and oxygen atoms in total. The van der Waals surface area contributed by atoms with Gasteiger partial charge in [0.05, 0.1) is 17.8 Å². The summed E-state index contributed by atoms with van der Waals surface area (Å²) in [5, 5.41) is 2.78. The normalized spacial score (nSPS) is 20.6. The van der Waals surface area contributed by atoms with Crippen LogP contribution in [-0.4, -0.2) is 63.0 Å². The summed E-state index contributed by atoms with van der Waals surface area (Å²) in [5.74, 6) is 1.07. The minimum atomic E-state index is -4.43. The number of urea groups is 1. The highest BCUT2D eigenvalue weighted by atomic mass is 19.4. The highest BCUT2D eigenvalue weighted by molar-refractivity contribution is 6.01. The lowest BCUT2D eigenvalue weighted by Gasteiger charge is -2.41. The van der Waals surface area contributed by atoms with Gasteiger partial charge in [0, 0.05) is 66.8 Å². The number of carbonyl (C=O) groups excluding carboxylic acids is 2. The van der Waals surface area contributed by atoms with E-state index < -0.39 is 11.7 Å². The molecule has 3 aliphatic heterocycles. The smallest absolute Gasteiger partial charge is 0.332 e. The van der Waals surface area contributed by atoms with Crippen LogP contribution >= 0.6 is 0 Å². The van der Waals surface area contributed by atoms with Gasteiger partial charge in [0.2, 0.25) is 0 Å². The molecule has 3 aliphatic rings. The van der Waals surface area contributed by atoms with Crippen LogP contribution in [0.3, 0.4) is 0 Å². The predicted octanol–water partition coefficient (Wildman–Crippen LogP) is 7.71. The van der Waals surface area contributed by atoms with Crippen molar-refractivity contribution in [2.45, 2.75) is 76.3 Å². The lowest BCUT2D eigenvalue weighted by Crippen LogP contribution is -2.45. The summed E-state index contributed by atoms with van der Waals surface area (Å²) >= 11 is 0. The molecule has 11 heteroatoms. The fraction of sp³-hybridized carbons (Fsp3) is 0.395. The van der Waals surface area contributed by atoms with E-state index in [1.54, 1.807) is 4.90 Å². The number of para-hydroxylation sites is 1. The number of hydrogen-bond donors (Lipinski definition) is 1. The number of halogens is 3. The fourth-order valence-electron chi connectivity index (χ4n) is 8.08. The predicted molar refractivity (Wildman–Crippen MR) is 183 cm³/mol.